The average molecular weight is 427 g/mol. The van der Waals surface area contributed by atoms with Gasteiger partial charge in [0, 0.05) is 22.6 Å². The van der Waals surface area contributed by atoms with Gasteiger partial charge >= 0.3 is 0 Å². The minimum Gasteiger partial charge on any atom is -0.303 e. The molecule has 0 N–H and O–H groups in total. The molecule has 0 bridgehead atoms. The summed E-state index contributed by atoms with van der Waals surface area (Å²) in [5.41, 5.74) is 1.21. The summed E-state index contributed by atoms with van der Waals surface area (Å²) in [4.78, 5) is 2.66. The second-order valence-electron chi connectivity index (χ2n) is 9.58. The Labute approximate surface area is 184 Å². The van der Waals surface area contributed by atoms with Crippen molar-refractivity contribution in [3.63, 3.8) is 0 Å². The first-order chi connectivity index (χ1) is 13.3. The molecule has 2 aliphatic rings. The highest BCUT2D eigenvalue weighted by atomic mass is 35.5. The molecule has 0 aromatic heterocycles. The molecule has 0 aliphatic heterocycles. The summed E-state index contributed by atoms with van der Waals surface area (Å²) < 4.78 is 0. The molecular formula is C25H41Cl2N. The Bertz CT molecular complexity index is 574. The highest BCUT2D eigenvalue weighted by molar-refractivity contribution is 6.33. The molecule has 160 valence electrons. The molecule has 0 saturated heterocycles. The number of hydrogen-bond donors (Lipinski definition) is 0. The van der Waals surface area contributed by atoms with Crippen molar-refractivity contribution < 1.29 is 0 Å². The molecule has 1 aromatic rings. The van der Waals surface area contributed by atoms with Gasteiger partial charge in [-0.3, -0.25) is 0 Å². The minimum atomic E-state index is 0.688. The summed E-state index contributed by atoms with van der Waals surface area (Å²) in [6.45, 7) is 10.3. The van der Waals surface area contributed by atoms with Gasteiger partial charge in [0.05, 0.1) is 0 Å². The minimum absolute atomic E-state index is 0.688. The van der Waals surface area contributed by atoms with Crippen molar-refractivity contribution >= 4 is 23.2 Å². The smallest absolute Gasteiger partial charge is 0.0439 e. The van der Waals surface area contributed by atoms with Gasteiger partial charge in [-0.05, 0) is 99.4 Å². The van der Waals surface area contributed by atoms with Crippen LogP contribution in [0.1, 0.15) is 78.2 Å². The molecule has 3 heteroatoms. The zero-order valence-corrected chi connectivity index (χ0v) is 20.2. The maximum absolute atomic E-state index is 6.33. The van der Waals surface area contributed by atoms with E-state index in [1.165, 1.54) is 57.1 Å². The molecule has 2 saturated carbocycles. The second kappa shape index (κ2) is 11.8. The second-order valence-corrected chi connectivity index (χ2v) is 10.4. The van der Waals surface area contributed by atoms with Crippen LogP contribution in [-0.2, 0) is 6.42 Å². The van der Waals surface area contributed by atoms with E-state index in [-0.39, 0.29) is 0 Å². The van der Waals surface area contributed by atoms with E-state index in [9.17, 15) is 0 Å². The monoisotopic (exact) mass is 425 g/mol. The van der Waals surface area contributed by atoms with Gasteiger partial charge in [-0.25, -0.2) is 0 Å². The van der Waals surface area contributed by atoms with Crippen LogP contribution in [0.3, 0.4) is 0 Å². The van der Waals surface area contributed by atoms with Crippen LogP contribution in [0.2, 0.25) is 10.0 Å². The van der Waals surface area contributed by atoms with Gasteiger partial charge in [0.2, 0.25) is 0 Å². The lowest BCUT2D eigenvalue weighted by molar-refractivity contribution is 0.0706. The number of halogens is 2. The van der Waals surface area contributed by atoms with Crippen LogP contribution >= 0.6 is 23.2 Å². The molecule has 0 heterocycles. The highest BCUT2D eigenvalue weighted by Crippen LogP contribution is 2.41. The fraction of sp³-hybridized carbons (Fsp3) is 0.760. The first-order valence-corrected chi connectivity index (χ1v) is 12.2. The molecule has 0 radical (unpaired) electrons. The van der Waals surface area contributed by atoms with Crippen LogP contribution in [0.4, 0.5) is 0 Å². The number of hydrogen-bond acceptors (Lipinski definition) is 1. The van der Waals surface area contributed by atoms with Crippen molar-refractivity contribution in [2.45, 2.75) is 85.1 Å². The SMILES string of the molecule is CC1CCC(N(C)CC2CC(C(C)Cc3cc(Cl)ccc3Cl)C2)CC1.CCC. The van der Waals surface area contributed by atoms with Gasteiger partial charge in [0.25, 0.3) is 0 Å². The third-order valence-electron chi connectivity index (χ3n) is 6.78. The van der Waals surface area contributed by atoms with E-state index < -0.39 is 0 Å². The summed E-state index contributed by atoms with van der Waals surface area (Å²) >= 11 is 12.5. The molecule has 0 spiro atoms. The van der Waals surface area contributed by atoms with Crippen molar-refractivity contribution in [2.24, 2.45) is 23.7 Å². The first-order valence-electron chi connectivity index (χ1n) is 11.5. The molecule has 1 unspecified atom stereocenters. The average Bonchev–Trinajstić information content (AvgIpc) is 2.62. The lowest BCUT2D eigenvalue weighted by Gasteiger charge is -2.43. The van der Waals surface area contributed by atoms with Gasteiger partial charge in [-0.2, -0.15) is 0 Å². The lowest BCUT2D eigenvalue weighted by atomic mass is 9.67. The van der Waals surface area contributed by atoms with E-state index in [0.717, 1.165) is 40.3 Å². The van der Waals surface area contributed by atoms with Crippen molar-refractivity contribution in [2.75, 3.05) is 13.6 Å². The van der Waals surface area contributed by atoms with Gasteiger partial charge in [-0.1, -0.05) is 57.3 Å². The summed E-state index contributed by atoms with van der Waals surface area (Å²) in [7, 11) is 2.35. The Kier molecular flexibility index (Phi) is 10.1. The lowest BCUT2D eigenvalue weighted by Crippen LogP contribution is -2.42. The van der Waals surface area contributed by atoms with E-state index in [0.29, 0.717) is 5.92 Å². The van der Waals surface area contributed by atoms with Crippen LogP contribution in [0.15, 0.2) is 18.2 Å². The van der Waals surface area contributed by atoms with Gasteiger partial charge in [0.15, 0.2) is 0 Å². The van der Waals surface area contributed by atoms with E-state index >= 15 is 0 Å². The van der Waals surface area contributed by atoms with E-state index in [1.807, 2.05) is 18.2 Å². The Morgan fingerprint density at radius 2 is 1.68 bits per heavy atom. The van der Waals surface area contributed by atoms with Crippen molar-refractivity contribution in [3.8, 4) is 0 Å². The molecule has 28 heavy (non-hydrogen) atoms. The van der Waals surface area contributed by atoms with Crippen molar-refractivity contribution in [1.29, 1.82) is 0 Å². The number of benzene rings is 1. The zero-order valence-electron chi connectivity index (χ0n) is 18.7. The van der Waals surface area contributed by atoms with Gasteiger partial charge in [-0.15, -0.1) is 0 Å². The Hall–Kier alpha value is -0.240. The molecule has 0 amide bonds. The Morgan fingerprint density at radius 1 is 1.07 bits per heavy atom. The summed E-state index contributed by atoms with van der Waals surface area (Å²) in [6, 6.07) is 6.67. The predicted octanol–water partition coefficient (Wildman–Crippen LogP) is 8.13. The quantitative estimate of drug-likeness (QED) is 0.444. The van der Waals surface area contributed by atoms with E-state index in [2.05, 4.69) is 39.6 Å². The third kappa shape index (κ3) is 7.22. The number of rotatable bonds is 6. The fourth-order valence-corrected chi connectivity index (χ4v) is 5.24. The van der Waals surface area contributed by atoms with Gasteiger partial charge < -0.3 is 4.90 Å². The normalized spacial score (nSPS) is 28.3. The molecule has 2 fully saturated rings. The number of nitrogens with zero attached hydrogens (tertiary/aromatic N) is 1. The largest absolute Gasteiger partial charge is 0.303 e. The van der Waals surface area contributed by atoms with Crippen LogP contribution in [0.25, 0.3) is 0 Å². The van der Waals surface area contributed by atoms with Crippen LogP contribution in [0, 0.1) is 23.7 Å². The third-order valence-corrected chi connectivity index (χ3v) is 7.39. The molecule has 2 aliphatic carbocycles. The van der Waals surface area contributed by atoms with Crippen LogP contribution in [-0.4, -0.2) is 24.5 Å². The molecule has 1 nitrogen and oxygen atoms in total. The molecule has 1 aromatic carbocycles. The Morgan fingerprint density at radius 3 is 2.29 bits per heavy atom. The van der Waals surface area contributed by atoms with Gasteiger partial charge in [0.1, 0.15) is 0 Å². The highest BCUT2D eigenvalue weighted by Gasteiger charge is 2.35. The predicted molar refractivity (Wildman–Crippen MR) is 126 cm³/mol. The van der Waals surface area contributed by atoms with E-state index in [1.54, 1.807) is 0 Å². The molecule has 3 rings (SSSR count). The van der Waals surface area contributed by atoms with Crippen LogP contribution < -0.4 is 0 Å². The fourth-order valence-electron chi connectivity index (χ4n) is 4.85. The maximum Gasteiger partial charge on any atom is 0.0439 e. The van der Waals surface area contributed by atoms with Crippen molar-refractivity contribution in [1.82, 2.24) is 4.90 Å². The zero-order chi connectivity index (χ0) is 20.7. The Balaban J connectivity index is 0.000000878. The van der Waals surface area contributed by atoms with Crippen molar-refractivity contribution in [3.05, 3.63) is 33.8 Å². The summed E-state index contributed by atoms with van der Waals surface area (Å²) in [5.74, 6) is 3.37. The van der Waals surface area contributed by atoms with Crippen LogP contribution in [0.5, 0.6) is 0 Å². The summed E-state index contributed by atoms with van der Waals surface area (Å²) in [5, 5.41) is 1.65. The van der Waals surface area contributed by atoms with E-state index in [4.69, 9.17) is 23.2 Å². The summed E-state index contributed by atoms with van der Waals surface area (Å²) in [6.07, 6.45) is 10.7. The molecule has 1 atom stereocenters. The first kappa shape index (κ1) is 24.0. The molecular weight excluding hydrogens is 385 g/mol. The standard InChI is InChI=1S/C22H33Cl2N.C3H8/c1-15-4-7-21(8-5-15)25(3)14-17-11-18(12-17)16(2)10-19-13-20(23)6-9-22(19)24;1-3-2/h6,9,13,15-18,21H,4-5,7-8,10-12,14H2,1-3H3;3H2,1-2H3. The topological polar surface area (TPSA) is 3.24 Å². The maximum atomic E-state index is 6.33.